The maximum absolute atomic E-state index is 11.9. The zero-order valence-electron chi connectivity index (χ0n) is 11.1. The monoisotopic (exact) mass is 304 g/mol. The number of carbonyl (C=O) groups excluding carboxylic acids is 1. The van der Waals surface area contributed by atoms with Crippen molar-refractivity contribution >= 4 is 23.2 Å². The average Bonchev–Trinajstić information content (AvgIpc) is 2.47. The SMILES string of the molecule is O=C(NCCc1ccc([N+](=O)[O-])cc1)c1cccc(Cl)c1. The van der Waals surface area contributed by atoms with Gasteiger partial charge >= 0.3 is 0 Å². The fraction of sp³-hybridized carbons (Fsp3) is 0.133. The molecule has 0 saturated carbocycles. The highest BCUT2D eigenvalue weighted by Gasteiger charge is 2.06. The summed E-state index contributed by atoms with van der Waals surface area (Å²) >= 11 is 5.82. The van der Waals surface area contributed by atoms with E-state index < -0.39 is 4.92 Å². The number of halogens is 1. The fourth-order valence-electron chi connectivity index (χ4n) is 1.84. The molecule has 6 heteroatoms. The predicted molar refractivity (Wildman–Crippen MR) is 80.6 cm³/mol. The Balaban J connectivity index is 1.86. The molecule has 0 unspecified atom stereocenters. The summed E-state index contributed by atoms with van der Waals surface area (Å²) < 4.78 is 0. The summed E-state index contributed by atoms with van der Waals surface area (Å²) in [6, 6.07) is 13.0. The van der Waals surface area contributed by atoms with Gasteiger partial charge in [-0.25, -0.2) is 0 Å². The van der Waals surface area contributed by atoms with Crippen molar-refractivity contribution in [2.45, 2.75) is 6.42 Å². The van der Waals surface area contributed by atoms with Gasteiger partial charge in [0.25, 0.3) is 11.6 Å². The molecule has 108 valence electrons. The van der Waals surface area contributed by atoms with E-state index in [9.17, 15) is 14.9 Å². The minimum Gasteiger partial charge on any atom is -0.352 e. The lowest BCUT2D eigenvalue weighted by Gasteiger charge is -2.05. The summed E-state index contributed by atoms with van der Waals surface area (Å²) in [5, 5.41) is 13.8. The van der Waals surface area contributed by atoms with Crippen LogP contribution in [0.4, 0.5) is 5.69 Å². The molecule has 0 bridgehead atoms. The van der Waals surface area contributed by atoms with Crippen molar-refractivity contribution in [2.75, 3.05) is 6.54 Å². The topological polar surface area (TPSA) is 72.2 Å². The van der Waals surface area contributed by atoms with Crippen LogP contribution in [0.5, 0.6) is 0 Å². The first-order valence-corrected chi connectivity index (χ1v) is 6.71. The minimum absolute atomic E-state index is 0.0571. The van der Waals surface area contributed by atoms with Crippen molar-refractivity contribution in [3.63, 3.8) is 0 Å². The number of amides is 1. The molecule has 0 saturated heterocycles. The number of non-ortho nitro benzene ring substituents is 1. The van der Waals surface area contributed by atoms with Crippen molar-refractivity contribution in [2.24, 2.45) is 0 Å². The number of nitrogens with zero attached hydrogens (tertiary/aromatic N) is 1. The van der Waals surface area contributed by atoms with Crippen molar-refractivity contribution < 1.29 is 9.72 Å². The Morgan fingerprint density at radius 1 is 1.19 bits per heavy atom. The van der Waals surface area contributed by atoms with Gasteiger partial charge in [0, 0.05) is 29.3 Å². The molecule has 2 aromatic carbocycles. The maximum atomic E-state index is 11.9. The quantitative estimate of drug-likeness (QED) is 0.681. The van der Waals surface area contributed by atoms with Gasteiger partial charge in [-0.1, -0.05) is 29.8 Å². The van der Waals surface area contributed by atoms with Crippen molar-refractivity contribution in [1.82, 2.24) is 5.32 Å². The molecule has 0 fully saturated rings. The molecule has 5 nitrogen and oxygen atoms in total. The number of nitro groups is 1. The second-order valence-corrected chi connectivity index (χ2v) is 4.88. The zero-order chi connectivity index (χ0) is 15.2. The molecule has 0 radical (unpaired) electrons. The Labute approximate surface area is 126 Å². The van der Waals surface area contributed by atoms with Gasteiger partial charge < -0.3 is 5.32 Å². The van der Waals surface area contributed by atoms with Gasteiger partial charge in [-0.3, -0.25) is 14.9 Å². The third-order valence-corrected chi connectivity index (χ3v) is 3.17. The first-order chi connectivity index (χ1) is 10.1. The Hall–Kier alpha value is -2.40. The van der Waals surface area contributed by atoms with Crippen LogP contribution in [-0.4, -0.2) is 17.4 Å². The second kappa shape index (κ2) is 6.85. The lowest BCUT2D eigenvalue weighted by molar-refractivity contribution is -0.384. The van der Waals surface area contributed by atoms with Crippen LogP contribution in [0.25, 0.3) is 0 Å². The van der Waals surface area contributed by atoms with Crippen LogP contribution in [0.1, 0.15) is 15.9 Å². The number of rotatable bonds is 5. The molecule has 2 aromatic rings. The molecule has 0 heterocycles. The molecule has 2 rings (SSSR count). The van der Waals surface area contributed by atoms with Gasteiger partial charge in [-0.05, 0) is 30.2 Å². The second-order valence-electron chi connectivity index (χ2n) is 4.44. The van der Waals surface area contributed by atoms with Gasteiger partial charge in [-0.2, -0.15) is 0 Å². The molecule has 0 spiro atoms. The first-order valence-electron chi connectivity index (χ1n) is 6.33. The number of nitrogens with one attached hydrogen (secondary N) is 1. The van der Waals surface area contributed by atoms with Gasteiger partial charge in [0.15, 0.2) is 0 Å². The third-order valence-electron chi connectivity index (χ3n) is 2.93. The predicted octanol–water partition coefficient (Wildman–Crippen LogP) is 3.22. The lowest BCUT2D eigenvalue weighted by Crippen LogP contribution is -2.25. The lowest BCUT2D eigenvalue weighted by atomic mass is 10.1. The zero-order valence-corrected chi connectivity index (χ0v) is 11.8. The average molecular weight is 305 g/mol. The summed E-state index contributed by atoms with van der Waals surface area (Å²) in [6.07, 6.45) is 0.601. The number of hydrogen-bond acceptors (Lipinski definition) is 3. The van der Waals surface area contributed by atoms with E-state index in [1.165, 1.54) is 12.1 Å². The molecule has 1 amide bonds. The van der Waals surface area contributed by atoms with Gasteiger partial charge in [0.05, 0.1) is 4.92 Å². The summed E-state index contributed by atoms with van der Waals surface area (Å²) in [7, 11) is 0. The number of benzene rings is 2. The van der Waals surface area contributed by atoms with Crippen molar-refractivity contribution in [3.05, 3.63) is 74.8 Å². The molecule has 21 heavy (non-hydrogen) atoms. The van der Waals surface area contributed by atoms with Crippen LogP contribution in [0.3, 0.4) is 0 Å². The molecule has 0 aliphatic carbocycles. The van der Waals surface area contributed by atoms with E-state index in [0.29, 0.717) is 23.6 Å². The first kappa shape index (κ1) is 15.0. The molecule has 0 aliphatic rings. The largest absolute Gasteiger partial charge is 0.352 e. The maximum Gasteiger partial charge on any atom is 0.269 e. The Kier molecular flexibility index (Phi) is 4.90. The Morgan fingerprint density at radius 2 is 1.90 bits per heavy atom. The van der Waals surface area contributed by atoms with Crippen LogP contribution >= 0.6 is 11.6 Å². The number of carbonyl (C=O) groups is 1. The summed E-state index contributed by atoms with van der Waals surface area (Å²) in [6.45, 7) is 0.448. The molecule has 1 N–H and O–H groups in total. The van der Waals surface area contributed by atoms with Crippen molar-refractivity contribution in [1.29, 1.82) is 0 Å². The third kappa shape index (κ3) is 4.29. The van der Waals surface area contributed by atoms with E-state index >= 15 is 0 Å². The highest BCUT2D eigenvalue weighted by molar-refractivity contribution is 6.30. The van der Waals surface area contributed by atoms with Crippen LogP contribution in [0.15, 0.2) is 48.5 Å². The van der Waals surface area contributed by atoms with Gasteiger partial charge in [0.2, 0.25) is 0 Å². The summed E-state index contributed by atoms with van der Waals surface area (Å²) in [5.41, 5.74) is 1.49. The van der Waals surface area contributed by atoms with Crippen LogP contribution in [-0.2, 0) is 6.42 Å². The van der Waals surface area contributed by atoms with Gasteiger partial charge in [-0.15, -0.1) is 0 Å². The number of nitro benzene ring substituents is 1. The van der Waals surface area contributed by atoms with E-state index in [4.69, 9.17) is 11.6 Å². The van der Waals surface area contributed by atoms with Crippen molar-refractivity contribution in [3.8, 4) is 0 Å². The smallest absolute Gasteiger partial charge is 0.269 e. The normalized spacial score (nSPS) is 10.1. The van der Waals surface area contributed by atoms with Crippen LogP contribution in [0.2, 0.25) is 5.02 Å². The van der Waals surface area contributed by atoms with E-state index in [-0.39, 0.29) is 11.6 Å². The molecule has 0 aromatic heterocycles. The van der Waals surface area contributed by atoms with E-state index in [2.05, 4.69) is 5.32 Å². The number of hydrogen-bond donors (Lipinski definition) is 1. The summed E-state index contributed by atoms with van der Waals surface area (Å²) in [5.74, 6) is -0.195. The molecular weight excluding hydrogens is 292 g/mol. The fourth-order valence-corrected chi connectivity index (χ4v) is 2.03. The van der Waals surface area contributed by atoms with E-state index in [1.807, 2.05) is 0 Å². The molecular formula is C15H13ClN2O3. The Bertz CT molecular complexity index is 656. The minimum atomic E-state index is -0.440. The van der Waals surface area contributed by atoms with Crippen LogP contribution < -0.4 is 5.32 Å². The Morgan fingerprint density at radius 3 is 2.52 bits per heavy atom. The standard InChI is InChI=1S/C15H13ClN2O3/c16-13-3-1-2-12(10-13)15(19)17-9-8-11-4-6-14(7-5-11)18(20)21/h1-7,10H,8-9H2,(H,17,19). The molecule has 0 atom stereocenters. The molecule has 0 aliphatic heterocycles. The highest BCUT2D eigenvalue weighted by atomic mass is 35.5. The van der Waals surface area contributed by atoms with Gasteiger partial charge in [0.1, 0.15) is 0 Å². The highest BCUT2D eigenvalue weighted by Crippen LogP contribution is 2.12. The van der Waals surface area contributed by atoms with Crippen LogP contribution in [0, 0.1) is 10.1 Å². The summed E-state index contributed by atoms with van der Waals surface area (Å²) in [4.78, 5) is 22.0. The van der Waals surface area contributed by atoms with E-state index in [0.717, 1.165) is 5.56 Å². The van der Waals surface area contributed by atoms with E-state index in [1.54, 1.807) is 36.4 Å².